The summed E-state index contributed by atoms with van der Waals surface area (Å²) >= 11 is 0. The van der Waals surface area contributed by atoms with Crippen LogP contribution in [-0.4, -0.2) is 11.6 Å². The van der Waals surface area contributed by atoms with Gasteiger partial charge in [-0.1, -0.05) is 38.1 Å². The zero-order chi connectivity index (χ0) is 18.9. The minimum absolute atomic E-state index is 0.409. The smallest absolute Gasteiger partial charge is 0.232 e. The van der Waals surface area contributed by atoms with Gasteiger partial charge in [-0.2, -0.15) is 0 Å². The van der Waals surface area contributed by atoms with Crippen LogP contribution in [0.15, 0.2) is 48.8 Å². The lowest BCUT2D eigenvalue weighted by Crippen LogP contribution is -2.37. The minimum atomic E-state index is -0.409. The number of aryl methyl sites for hydroxylation is 2. The molecule has 0 saturated carbocycles. The van der Waals surface area contributed by atoms with Crippen LogP contribution in [0, 0.1) is 6.92 Å². The van der Waals surface area contributed by atoms with Crippen LogP contribution in [0.2, 0.25) is 0 Å². The molecule has 2 nitrogen and oxygen atoms in total. The Kier molecular flexibility index (Phi) is 3.64. The number of benzene rings is 3. The Morgan fingerprint density at radius 2 is 1.81 bits per heavy atom. The monoisotopic (exact) mass is 371 g/mol. The highest BCUT2D eigenvalue weighted by molar-refractivity contribution is 7.73. The van der Waals surface area contributed by atoms with Gasteiger partial charge in [0.05, 0.1) is 12.4 Å². The molecule has 1 atom stereocenters. The molecule has 134 valence electrons. The third-order valence-corrected chi connectivity index (χ3v) is 8.14. The van der Waals surface area contributed by atoms with Gasteiger partial charge in [0.1, 0.15) is 5.69 Å². The van der Waals surface area contributed by atoms with E-state index in [0.717, 1.165) is 5.52 Å². The van der Waals surface area contributed by atoms with Crippen molar-refractivity contribution in [3.05, 3.63) is 59.9 Å². The first-order valence-corrected chi connectivity index (χ1v) is 11.3. The number of fused-ring (bicyclic) bond motifs is 3. The Balaban J connectivity index is 1.99. The van der Waals surface area contributed by atoms with Gasteiger partial charge in [0.25, 0.3) is 6.33 Å². The fourth-order valence-electron chi connectivity index (χ4n) is 4.46. The maximum atomic E-state index is 4.80. The predicted molar refractivity (Wildman–Crippen MR) is 117 cm³/mol. The van der Waals surface area contributed by atoms with Gasteiger partial charge in [0.2, 0.25) is 0 Å². The van der Waals surface area contributed by atoms with Gasteiger partial charge in [-0.05, 0) is 83.1 Å². The van der Waals surface area contributed by atoms with E-state index in [-0.39, 0.29) is 0 Å². The molecule has 3 aromatic carbocycles. The van der Waals surface area contributed by atoms with Crippen LogP contribution in [0.25, 0.3) is 32.9 Å². The molecule has 1 aliphatic heterocycles. The van der Waals surface area contributed by atoms with Crippen molar-refractivity contribution in [3.8, 4) is 11.3 Å². The minimum Gasteiger partial charge on any atom is -0.232 e. The van der Waals surface area contributed by atoms with Crippen molar-refractivity contribution >= 4 is 40.2 Å². The van der Waals surface area contributed by atoms with E-state index in [2.05, 4.69) is 81.5 Å². The molecule has 0 bridgehead atoms. The maximum absolute atomic E-state index is 4.80. The fraction of sp³-hybridized carbons (Fsp3) is 0.250. The van der Waals surface area contributed by atoms with E-state index in [0.29, 0.717) is 5.92 Å². The molecule has 0 fully saturated rings. The number of nitrogens with zero attached hydrogens (tertiary/aromatic N) is 2. The average molecular weight is 371 g/mol. The lowest BCUT2D eigenvalue weighted by atomic mass is 9.94. The summed E-state index contributed by atoms with van der Waals surface area (Å²) in [5.41, 5.74) is 6.65. The standard InChI is InChI=1S/C24H24N2P/c1-14(2)17-10-19-23-21(12-17)27(5)20-11-16-8-6-7-9-18(16)15(3)22(20)24(23)26(4)13-25-19/h6-14H,1-5H3/q+1. The second-order valence-corrected chi connectivity index (χ2v) is 10.1. The van der Waals surface area contributed by atoms with Crippen molar-refractivity contribution in [2.75, 3.05) is 6.66 Å². The maximum Gasteiger partial charge on any atom is 0.287 e. The number of aromatic nitrogens is 2. The molecule has 1 aromatic heterocycles. The Labute approximate surface area is 161 Å². The highest BCUT2D eigenvalue weighted by Gasteiger charge is 2.32. The van der Waals surface area contributed by atoms with Crippen molar-refractivity contribution in [1.82, 2.24) is 4.98 Å². The molecule has 0 saturated heterocycles. The second kappa shape index (κ2) is 5.84. The fourth-order valence-corrected chi connectivity index (χ4v) is 6.56. The Bertz CT molecular complexity index is 1240. The molecule has 0 amide bonds. The van der Waals surface area contributed by atoms with Crippen LogP contribution in [0.1, 0.15) is 30.9 Å². The first kappa shape index (κ1) is 16.8. The van der Waals surface area contributed by atoms with E-state index in [4.69, 9.17) is 4.98 Å². The summed E-state index contributed by atoms with van der Waals surface area (Å²) in [4.78, 5) is 4.80. The third-order valence-electron chi connectivity index (χ3n) is 5.99. The van der Waals surface area contributed by atoms with Crippen LogP contribution in [0.4, 0.5) is 0 Å². The van der Waals surface area contributed by atoms with Gasteiger partial charge >= 0.3 is 0 Å². The van der Waals surface area contributed by atoms with Gasteiger partial charge in [-0.25, -0.2) is 4.57 Å². The van der Waals surface area contributed by atoms with Crippen LogP contribution < -0.4 is 15.2 Å². The summed E-state index contributed by atoms with van der Waals surface area (Å²) in [6.45, 7) is 9.23. The zero-order valence-corrected chi connectivity index (χ0v) is 17.4. The summed E-state index contributed by atoms with van der Waals surface area (Å²) in [5.74, 6) is 0.507. The van der Waals surface area contributed by atoms with Crippen LogP contribution in [-0.2, 0) is 7.05 Å². The van der Waals surface area contributed by atoms with E-state index in [1.165, 1.54) is 49.2 Å². The van der Waals surface area contributed by atoms with Crippen molar-refractivity contribution in [2.24, 2.45) is 7.05 Å². The molecule has 5 rings (SSSR count). The highest BCUT2D eigenvalue weighted by Crippen LogP contribution is 2.45. The van der Waals surface area contributed by atoms with Gasteiger partial charge < -0.3 is 0 Å². The summed E-state index contributed by atoms with van der Waals surface area (Å²) < 4.78 is 2.21. The average Bonchev–Trinajstić information content (AvgIpc) is 2.67. The first-order valence-electron chi connectivity index (χ1n) is 9.56. The molecule has 0 radical (unpaired) electrons. The van der Waals surface area contributed by atoms with Gasteiger partial charge in [-0.15, -0.1) is 0 Å². The molecular formula is C24H24N2P+. The Morgan fingerprint density at radius 3 is 2.59 bits per heavy atom. The molecule has 0 N–H and O–H groups in total. The van der Waals surface area contributed by atoms with E-state index < -0.39 is 7.92 Å². The molecule has 4 aromatic rings. The van der Waals surface area contributed by atoms with Crippen molar-refractivity contribution in [3.63, 3.8) is 0 Å². The van der Waals surface area contributed by atoms with Crippen LogP contribution >= 0.6 is 7.92 Å². The van der Waals surface area contributed by atoms with E-state index in [1.807, 2.05) is 6.33 Å². The van der Waals surface area contributed by atoms with E-state index >= 15 is 0 Å². The summed E-state index contributed by atoms with van der Waals surface area (Å²) in [6, 6.07) is 15.9. The van der Waals surface area contributed by atoms with E-state index in [9.17, 15) is 0 Å². The zero-order valence-electron chi connectivity index (χ0n) is 16.5. The summed E-state index contributed by atoms with van der Waals surface area (Å²) in [5, 5.41) is 7.03. The lowest BCUT2D eigenvalue weighted by Gasteiger charge is -2.28. The number of hydrogen-bond donors (Lipinski definition) is 0. The highest BCUT2D eigenvalue weighted by atomic mass is 31.1. The Hall–Kier alpha value is -2.31. The third kappa shape index (κ3) is 2.29. The van der Waals surface area contributed by atoms with Crippen molar-refractivity contribution in [2.45, 2.75) is 26.7 Å². The van der Waals surface area contributed by atoms with Crippen molar-refractivity contribution < 1.29 is 4.57 Å². The molecule has 1 unspecified atom stereocenters. The molecule has 2 heterocycles. The lowest BCUT2D eigenvalue weighted by molar-refractivity contribution is -0.662. The van der Waals surface area contributed by atoms with Crippen molar-refractivity contribution in [1.29, 1.82) is 0 Å². The summed E-state index contributed by atoms with van der Waals surface area (Å²) in [7, 11) is 1.72. The van der Waals surface area contributed by atoms with Crippen LogP contribution in [0.5, 0.6) is 0 Å². The quantitative estimate of drug-likeness (QED) is 0.350. The Morgan fingerprint density at radius 1 is 1.04 bits per heavy atom. The van der Waals surface area contributed by atoms with E-state index in [1.54, 1.807) is 0 Å². The second-order valence-electron chi connectivity index (χ2n) is 7.97. The topological polar surface area (TPSA) is 16.8 Å². The predicted octanol–water partition coefficient (Wildman–Crippen LogP) is 4.69. The molecule has 1 aliphatic rings. The normalized spacial score (nSPS) is 15.6. The molecular weight excluding hydrogens is 347 g/mol. The summed E-state index contributed by atoms with van der Waals surface area (Å²) in [6.07, 6.45) is 1.98. The molecule has 3 heteroatoms. The largest absolute Gasteiger partial charge is 0.287 e. The first-order chi connectivity index (χ1) is 13.0. The van der Waals surface area contributed by atoms with Gasteiger partial charge in [0.15, 0.2) is 5.52 Å². The number of rotatable bonds is 1. The molecule has 27 heavy (non-hydrogen) atoms. The molecule has 0 spiro atoms. The number of hydrogen-bond acceptors (Lipinski definition) is 1. The molecule has 0 aliphatic carbocycles. The van der Waals surface area contributed by atoms with Crippen LogP contribution in [0.3, 0.4) is 0 Å². The van der Waals surface area contributed by atoms with Gasteiger partial charge in [0, 0.05) is 5.56 Å². The van der Waals surface area contributed by atoms with Gasteiger partial charge in [-0.3, -0.25) is 0 Å². The SMILES string of the molecule is Cc1c2c(cc3ccccc13)P(C)c1cc(C(C)C)cc3nc[n+](C)c-2c13.